The predicted octanol–water partition coefficient (Wildman–Crippen LogP) is 13.4. The fourth-order valence-electron chi connectivity index (χ4n) is 7.77. The quantitative estimate of drug-likeness (QED) is 0.173. The second kappa shape index (κ2) is 13.4. The van der Waals surface area contributed by atoms with Crippen molar-refractivity contribution in [3.63, 3.8) is 0 Å². The number of fused-ring (bicyclic) bond motifs is 6. The van der Waals surface area contributed by atoms with Crippen molar-refractivity contribution in [3.05, 3.63) is 188 Å². The third-order valence-electron chi connectivity index (χ3n) is 10.8. The minimum absolute atomic E-state index is 0.655. The molecule has 260 valence electrons. The van der Waals surface area contributed by atoms with Crippen LogP contribution >= 0.6 is 0 Å². The highest BCUT2D eigenvalue weighted by molar-refractivity contribution is 6.21. The molecule has 10 aromatic rings. The topological polar surface area (TPSA) is 43.6 Å². The standard InChI is InChI=1S/C51H36N4/c1-3-33(2)49-52-50(37-14-8-5-9-15-37)54-51(53-49)38-24-27-43(28-25-38)55-46-17-11-10-16-44(46)48-45-32-41(23-20-36(45)26-29-47(48)55)40-22-19-35-18-21-39(30-42(35)31-40)34-12-6-4-7-13-34/h3-32H,1-2H3/b33-3+. The molecule has 2 heterocycles. The van der Waals surface area contributed by atoms with Crippen molar-refractivity contribution in [1.82, 2.24) is 19.5 Å². The normalized spacial score (nSPS) is 11.9. The average molecular weight is 705 g/mol. The van der Waals surface area contributed by atoms with Crippen molar-refractivity contribution in [2.24, 2.45) is 0 Å². The highest BCUT2D eigenvalue weighted by Crippen LogP contribution is 2.39. The van der Waals surface area contributed by atoms with Gasteiger partial charge in [-0.05, 0) is 118 Å². The Balaban J connectivity index is 1.08. The van der Waals surface area contributed by atoms with Crippen LogP contribution in [0.4, 0.5) is 0 Å². The van der Waals surface area contributed by atoms with Crippen molar-refractivity contribution in [3.8, 4) is 50.7 Å². The molecule has 2 aromatic heterocycles. The van der Waals surface area contributed by atoms with E-state index >= 15 is 0 Å². The summed E-state index contributed by atoms with van der Waals surface area (Å²) < 4.78 is 2.37. The number of nitrogens with zero attached hydrogens (tertiary/aromatic N) is 4. The van der Waals surface area contributed by atoms with Crippen molar-refractivity contribution < 1.29 is 0 Å². The molecule has 0 saturated heterocycles. The third kappa shape index (κ3) is 5.76. The number of aromatic nitrogens is 4. The summed E-state index contributed by atoms with van der Waals surface area (Å²) in [5, 5.41) is 7.41. The zero-order chi connectivity index (χ0) is 36.9. The lowest BCUT2D eigenvalue weighted by Gasteiger charge is -2.11. The first kappa shape index (κ1) is 32.5. The van der Waals surface area contributed by atoms with Gasteiger partial charge < -0.3 is 4.57 Å². The Morgan fingerprint density at radius 2 is 0.982 bits per heavy atom. The Morgan fingerprint density at radius 3 is 1.67 bits per heavy atom. The largest absolute Gasteiger partial charge is 0.309 e. The minimum Gasteiger partial charge on any atom is -0.309 e. The van der Waals surface area contributed by atoms with E-state index in [-0.39, 0.29) is 0 Å². The minimum atomic E-state index is 0.655. The van der Waals surface area contributed by atoms with Gasteiger partial charge in [0.25, 0.3) is 0 Å². The Hall–Kier alpha value is -7.17. The monoisotopic (exact) mass is 704 g/mol. The summed E-state index contributed by atoms with van der Waals surface area (Å²) in [6.07, 6.45) is 2.04. The van der Waals surface area contributed by atoms with Gasteiger partial charge in [-0.3, -0.25) is 0 Å². The smallest absolute Gasteiger partial charge is 0.164 e. The lowest BCUT2D eigenvalue weighted by molar-refractivity contribution is 1.03. The second-order valence-electron chi connectivity index (χ2n) is 14.1. The van der Waals surface area contributed by atoms with Crippen LogP contribution in [0.1, 0.15) is 19.7 Å². The lowest BCUT2D eigenvalue weighted by atomic mass is 9.95. The fourth-order valence-corrected chi connectivity index (χ4v) is 7.77. The molecule has 4 nitrogen and oxygen atoms in total. The molecule has 0 bridgehead atoms. The van der Waals surface area contributed by atoms with Gasteiger partial charge in [0.1, 0.15) is 0 Å². The second-order valence-corrected chi connectivity index (χ2v) is 14.1. The van der Waals surface area contributed by atoms with Gasteiger partial charge in [-0.25, -0.2) is 15.0 Å². The maximum absolute atomic E-state index is 4.93. The number of benzene rings is 8. The molecule has 8 aromatic carbocycles. The van der Waals surface area contributed by atoms with Gasteiger partial charge in [0.15, 0.2) is 17.5 Å². The van der Waals surface area contributed by atoms with Crippen LogP contribution in [0, 0.1) is 0 Å². The van der Waals surface area contributed by atoms with E-state index in [1.54, 1.807) is 0 Å². The molecular weight excluding hydrogens is 669 g/mol. The Labute approximate surface area is 319 Å². The van der Waals surface area contributed by atoms with Gasteiger partial charge in [0, 0.05) is 27.6 Å². The van der Waals surface area contributed by atoms with Crippen LogP contribution in [-0.2, 0) is 0 Å². The van der Waals surface area contributed by atoms with E-state index in [9.17, 15) is 0 Å². The molecule has 0 amide bonds. The Morgan fingerprint density at radius 1 is 0.436 bits per heavy atom. The van der Waals surface area contributed by atoms with Gasteiger partial charge in [0.05, 0.1) is 11.0 Å². The molecule has 0 spiro atoms. The van der Waals surface area contributed by atoms with Crippen molar-refractivity contribution >= 4 is 48.9 Å². The molecular formula is C51H36N4. The van der Waals surface area contributed by atoms with Gasteiger partial charge in [0.2, 0.25) is 0 Å². The van der Waals surface area contributed by atoms with Gasteiger partial charge in [-0.1, -0.05) is 127 Å². The van der Waals surface area contributed by atoms with Crippen LogP contribution in [0.2, 0.25) is 0 Å². The average Bonchev–Trinajstić information content (AvgIpc) is 3.61. The molecule has 0 aliphatic rings. The maximum atomic E-state index is 4.93. The summed E-state index contributed by atoms with van der Waals surface area (Å²) in [6, 6.07) is 63.0. The summed E-state index contributed by atoms with van der Waals surface area (Å²) in [5.74, 6) is 2.01. The molecule has 0 fully saturated rings. The SMILES string of the molecule is C/C=C(\C)c1nc(-c2ccccc2)nc(-c2ccc(-n3c4ccccc4c4c5cc(-c6ccc7ccc(-c8ccccc8)cc7c6)ccc5ccc43)cc2)n1. The first-order valence-corrected chi connectivity index (χ1v) is 18.7. The summed E-state index contributed by atoms with van der Waals surface area (Å²) in [7, 11) is 0. The molecule has 0 atom stereocenters. The number of rotatable bonds is 6. The summed E-state index contributed by atoms with van der Waals surface area (Å²) in [4.78, 5) is 14.6. The fraction of sp³-hybridized carbons (Fsp3) is 0.0392. The first-order valence-electron chi connectivity index (χ1n) is 18.7. The first-order chi connectivity index (χ1) is 27.1. The number of para-hydroxylation sites is 1. The van der Waals surface area contributed by atoms with Crippen LogP contribution in [0.25, 0.3) is 99.6 Å². The molecule has 10 rings (SSSR count). The Bertz CT molecular complexity index is 3090. The molecule has 0 N–H and O–H groups in total. The van der Waals surface area contributed by atoms with Crippen LogP contribution in [0.15, 0.2) is 182 Å². The highest BCUT2D eigenvalue weighted by atomic mass is 15.0. The van der Waals surface area contributed by atoms with Crippen LogP contribution in [0.5, 0.6) is 0 Å². The summed E-state index contributed by atoms with van der Waals surface area (Å²) >= 11 is 0. The lowest BCUT2D eigenvalue weighted by Crippen LogP contribution is -2.02. The van der Waals surface area contributed by atoms with Crippen molar-refractivity contribution in [2.75, 3.05) is 0 Å². The zero-order valence-corrected chi connectivity index (χ0v) is 30.6. The summed E-state index contributed by atoms with van der Waals surface area (Å²) in [6.45, 7) is 4.05. The van der Waals surface area contributed by atoms with E-state index in [4.69, 9.17) is 15.0 Å². The van der Waals surface area contributed by atoms with Crippen LogP contribution in [-0.4, -0.2) is 19.5 Å². The van der Waals surface area contributed by atoms with E-state index in [0.717, 1.165) is 22.4 Å². The molecule has 0 unspecified atom stereocenters. The number of allylic oxidation sites excluding steroid dienone is 2. The number of hydrogen-bond acceptors (Lipinski definition) is 3. The van der Waals surface area contributed by atoms with Gasteiger partial charge >= 0.3 is 0 Å². The molecule has 0 saturated carbocycles. The van der Waals surface area contributed by atoms with E-state index in [1.807, 2.05) is 50.3 Å². The van der Waals surface area contributed by atoms with E-state index in [0.29, 0.717) is 17.5 Å². The molecule has 55 heavy (non-hydrogen) atoms. The van der Waals surface area contributed by atoms with Crippen LogP contribution < -0.4 is 0 Å². The van der Waals surface area contributed by atoms with E-state index in [1.165, 1.54) is 65.6 Å². The predicted molar refractivity (Wildman–Crippen MR) is 230 cm³/mol. The van der Waals surface area contributed by atoms with Gasteiger partial charge in [-0.15, -0.1) is 0 Å². The maximum Gasteiger partial charge on any atom is 0.164 e. The molecule has 4 heteroatoms. The van der Waals surface area contributed by atoms with Crippen molar-refractivity contribution in [1.29, 1.82) is 0 Å². The molecule has 0 aliphatic carbocycles. The summed E-state index contributed by atoms with van der Waals surface area (Å²) in [5.41, 5.74) is 11.2. The molecule has 0 aliphatic heterocycles. The Kier molecular flexibility index (Phi) is 7.88. The van der Waals surface area contributed by atoms with Crippen LogP contribution in [0.3, 0.4) is 0 Å². The van der Waals surface area contributed by atoms with E-state index < -0.39 is 0 Å². The van der Waals surface area contributed by atoms with Crippen molar-refractivity contribution in [2.45, 2.75) is 13.8 Å². The number of hydrogen-bond donors (Lipinski definition) is 0. The molecule has 0 radical (unpaired) electrons. The van der Waals surface area contributed by atoms with E-state index in [2.05, 4.69) is 150 Å². The highest BCUT2D eigenvalue weighted by Gasteiger charge is 2.17. The third-order valence-corrected chi connectivity index (χ3v) is 10.8. The van der Waals surface area contributed by atoms with Gasteiger partial charge in [-0.2, -0.15) is 0 Å². The zero-order valence-electron chi connectivity index (χ0n) is 30.6.